The highest BCUT2D eigenvalue weighted by molar-refractivity contribution is 6.06. The van der Waals surface area contributed by atoms with E-state index in [4.69, 9.17) is 5.11 Å². The standard InChI is InChI=1S/C11H9N3O3/c15-10(4-5-11(16)17)13-8-2-1-3-9-7(8)6-12-14-9/h1-6H,(H,12,14)(H,13,15)(H,16,17)/b5-4+. The Balaban J connectivity index is 2.21. The topological polar surface area (TPSA) is 95.1 Å². The Morgan fingerprint density at radius 2 is 2.18 bits per heavy atom. The summed E-state index contributed by atoms with van der Waals surface area (Å²) in [6.07, 6.45) is 3.33. The molecule has 0 spiro atoms. The van der Waals surface area contributed by atoms with E-state index < -0.39 is 11.9 Å². The second-order valence-corrected chi connectivity index (χ2v) is 3.30. The number of nitrogens with one attached hydrogen (secondary N) is 2. The first-order chi connectivity index (χ1) is 8.16. The molecule has 0 unspecified atom stereocenters. The number of amides is 1. The fourth-order valence-corrected chi connectivity index (χ4v) is 1.40. The van der Waals surface area contributed by atoms with Gasteiger partial charge in [0.25, 0.3) is 0 Å². The number of aromatic nitrogens is 2. The molecule has 0 aliphatic rings. The molecule has 0 aliphatic carbocycles. The third-order valence-corrected chi connectivity index (χ3v) is 2.12. The van der Waals surface area contributed by atoms with Crippen molar-refractivity contribution in [3.05, 3.63) is 36.5 Å². The lowest BCUT2D eigenvalue weighted by Gasteiger charge is -2.02. The highest BCUT2D eigenvalue weighted by Gasteiger charge is 2.04. The molecule has 1 aromatic carbocycles. The average Bonchev–Trinajstić information content (AvgIpc) is 2.75. The Bertz CT molecular complexity index is 601. The van der Waals surface area contributed by atoms with Gasteiger partial charge in [-0.25, -0.2) is 4.79 Å². The zero-order valence-corrected chi connectivity index (χ0v) is 8.68. The molecule has 0 saturated heterocycles. The van der Waals surface area contributed by atoms with Crippen LogP contribution in [0.3, 0.4) is 0 Å². The van der Waals surface area contributed by atoms with Crippen molar-refractivity contribution in [1.82, 2.24) is 10.2 Å². The molecule has 0 radical (unpaired) electrons. The molecule has 1 aromatic heterocycles. The minimum absolute atomic E-state index is 0.499. The van der Waals surface area contributed by atoms with Crippen molar-refractivity contribution in [3.63, 3.8) is 0 Å². The van der Waals surface area contributed by atoms with E-state index in [9.17, 15) is 9.59 Å². The molecule has 0 saturated carbocycles. The Morgan fingerprint density at radius 3 is 2.94 bits per heavy atom. The molecule has 6 nitrogen and oxygen atoms in total. The van der Waals surface area contributed by atoms with E-state index in [1.807, 2.05) is 6.07 Å². The number of carboxylic acids is 1. The summed E-state index contributed by atoms with van der Waals surface area (Å²) in [6.45, 7) is 0. The number of carbonyl (C=O) groups is 2. The highest BCUT2D eigenvalue weighted by Crippen LogP contribution is 2.20. The minimum atomic E-state index is -1.17. The maximum atomic E-state index is 11.4. The van der Waals surface area contributed by atoms with E-state index in [0.717, 1.165) is 23.1 Å². The SMILES string of the molecule is O=C(O)/C=C/C(=O)Nc1cccc2[nH]ncc12. The summed E-state index contributed by atoms with van der Waals surface area (Å²) in [6, 6.07) is 5.30. The van der Waals surface area contributed by atoms with Crippen LogP contribution in [-0.2, 0) is 9.59 Å². The van der Waals surface area contributed by atoms with Crippen LogP contribution in [0.15, 0.2) is 36.5 Å². The van der Waals surface area contributed by atoms with Gasteiger partial charge in [0.1, 0.15) is 0 Å². The smallest absolute Gasteiger partial charge is 0.328 e. The summed E-state index contributed by atoms with van der Waals surface area (Å²) in [7, 11) is 0. The van der Waals surface area contributed by atoms with Crippen LogP contribution in [0.25, 0.3) is 10.9 Å². The zero-order chi connectivity index (χ0) is 12.3. The van der Waals surface area contributed by atoms with Crippen LogP contribution in [0, 0.1) is 0 Å². The lowest BCUT2D eigenvalue weighted by atomic mass is 10.2. The molecule has 6 heteroatoms. The first-order valence-electron chi connectivity index (χ1n) is 4.81. The zero-order valence-electron chi connectivity index (χ0n) is 8.68. The number of hydrogen-bond acceptors (Lipinski definition) is 3. The number of hydrogen-bond donors (Lipinski definition) is 3. The first kappa shape index (κ1) is 10.9. The van der Waals surface area contributed by atoms with E-state index in [1.165, 1.54) is 0 Å². The van der Waals surface area contributed by atoms with E-state index in [0.29, 0.717) is 5.69 Å². The quantitative estimate of drug-likeness (QED) is 0.690. The number of benzene rings is 1. The molecule has 2 rings (SSSR count). The molecule has 0 bridgehead atoms. The third-order valence-electron chi connectivity index (χ3n) is 2.12. The van der Waals surface area contributed by atoms with Gasteiger partial charge >= 0.3 is 5.97 Å². The molecular formula is C11H9N3O3. The van der Waals surface area contributed by atoms with Crippen molar-refractivity contribution in [3.8, 4) is 0 Å². The maximum absolute atomic E-state index is 11.4. The van der Waals surface area contributed by atoms with Crippen LogP contribution in [0.1, 0.15) is 0 Å². The highest BCUT2D eigenvalue weighted by atomic mass is 16.4. The van der Waals surface area contributed by atoms with Crippen LogP contribution in [-0.4, -0.2) is 27.2 Å². The number of aliphatic carboxylic acids is 1. The van der Waals surface area contributed by atoms with E-state index >= 15 is 0 Å². The van der Waals surface area contributed by atoms with Crippen LogP contribution < -0.4 is 5.32 Å². The van der Waals surface area contributed by atoms with Crippen molar-refractivity contribution in [1.29, 1.82) is 0 Å². The van der Waals surface area contributed by atoms with Crippen molar-refractivity contribution in [2.24, 2.45) is 0 Å². The van der Waals surface area contributed by atoms with Crippen molar-refractivity contribution < 1.29 is 14.7 Å². The van der Waals surface area contributed by atoms with Gasteiger partial charge in [-0.05, 0) is 12.1 Å². The fourth-order valence-electron chi connectivity index (χ4n) is 1.40. The van der Waals surface area contributed by atoms with Gasteiger partial charge in [0.2, 0.25) is 5.91 Å². The number of carboxylic acid groups (broad SMARTS) is 1. The van der Waals surface area contributed by atoms with Gasteiger partial charge in [-0.1, -0.05) is 6.07 Å². The normalized spacial score (nSPS) is 10.8. The van der Waals surface area contributed by atoms with E-state index in [1.54, 1.807) is 18.3 Å². The number of rotatable bonds is 3. The maximum Gasteiger partial charge on any atom is 0.328 e. The van der Waals surface area contributed by atoms with E-state index in [2.05, 4.69) is 15.5 Å². The van der Waals surface area contributed by atoms with Gasteiger partial charge in [-0.15, -0.1) is 0 Å². The summed E-state index contributed by atoms with van der Waals surface area (Å²) in [4.78, 5) is 21.6. The molecule has 0 fully saturated rings. The van der Waals surface area contributed by atoms with Gasteiger partial charge in [-0.3, -0.25) is 9.89 Å². The van der Waals surface area contributed by atoms with Crippen LogP contribution in [0.2, 0.25) is 0 Å². The number of fused-ring (bicyclic) bond motifs is 1. The lowest BCUT2D eigenvalue weighted by molar-refractivity contribution is -0.131. The molecule has 0 atom stereocenters. The predicted octanol–water partition coefficient (Wildman–Crippen LogP) is 1.14. The first-order valence-corrected chi connectivity index (χ1v) is 4.81. The third kappa shape index (κ3) is 2.49. The van der Waals surface area contributed by atoms with Gasteiger partial charge in [-0.2, -0.15) is 5.10 Å². The number of carbonyl (C=O) groups excluding carboxylic acids is 1. The molecule has 1 heterocycles. The Kier molecular flexibility index (Phi) is 2.87. The Hall–Kier alpha value is -2.63. The second-order valence-electron chi connectivity index (χ2n) is 3.30. The molecule has 3 N–H and O–H groups in total. The average molecular weight is 231 g/mol. The number of H-pyrrole nitrogens is 1. The van der Waals surface area contributed by atoms with Gasteiger partial charge < -0.3 is 10.4 Å². The van der Waals surface area contributed by atoms with Crippen LogP contribution >= 0.6 is 0 Å². The summed E-state index contributed by atoms with van der Waals surface area (Å²) >= 11 is 0. The Labute approximate surface area is 95.9 Å². The Morgan fingerprint density at radius 1 is 1.35 bits per heavy atom. The van der Waals surface area contributed by atoms with Crippen LogP contribution in [0.5, 0.6) is 0 Å². The molecule has 1 amide bonds. The summed E-state index contributed by atoms with van der Waals surface area (Å²) in [5.74, 6) is -1.66. The number of aromatic amines is 1. The number of nitrogens with zero attached hydrogens (tertiary/aromatic N) is 1. The molecule has 86 valence electrons. The van der Waals surface area contributed by atoms with Crippen molar-refractivity contribution in [2.75, 3.05) is 5.32 Å². The molecule has 17 heavy (non-hydrogen) atoms. The van der Waals surface area contributed by atoms with Gasteiger partial charge in [0.15, 0.2) is 0 Å². The predicted molar refractivity (Wildman–Crippen MR) is 61.5 cm³/mol. The van der Waals surface area contributed by atoms with E-state index in [-0.39, 0.29) is 0 Å². The fraction of sp³-hybridized carbons (Fsp3) is 0. The van der Waals surface area contributed by atoms with Crippen LogP contribution in [0.4, 0.5) is 5.69 Å². The minimum Gasteiger partial charge on any atom is -0.478 e. The van der Waals surface area contributed by atoms with Gasteiger partial charge in [0.05, 0.1) is 17.4 Å². The molecular weight excluding hydrogens is 222 g/mol. The van der Waals surface area contributed by atoms with Crippen molar-refractivity contribution >= 4 is 28.5 Å². The number of anilines is 1. The van der Waals surface area contributed by atoms with Crippen molar-refractivity contribution in [2.45, 2.75) is 0 Å². The molecule has 0 aliphatic heterocycles. The monoisotopic (exact) mass is 231 g/mol. The lowest BCUT2D eigenvalue weighted by Crippen LogP contribution is -2.08. The summed E-state index contributed by atoms with van der Waals surface area (Å²) in [5, 5.41) is 18.4. The van der Waals surface area contributed by atoms with Gasteiger partial charge in [0, 0.05) is 17.5 Å². The summed E-state index contributed by atoms with van der Waals surface area (Å²) < 4.78 is 0. The summed E-state index contributed by atoms with van der Waals surface area (Å²) in [5.41, 5.74) is 1.38. The molecule has 2 aromatic rings. The second kappa shape index (κ2) is 4.48. The largest absolute Gasteiger partial charge is 0.478 e.